The minimum Gasteiger partial charge on any atom is -0.484 e. The summed E-state index contributed by atoms with van der Waals surface area (Å²) in [5.74, 6) is -0.623. The highest BCUT2D eigenvalue weighted by atomic mass is 16.5. The van der Waals surface area contributed by atoms with Crippen molar-refractivity contribution in [1.82, 2.24) is 21.3 Å². The van der Waals surface area contributed by atoms with Gasteiger partial charge in [0.15, 0.2) is 6.61 Å². The molecule has 0 spiro atoms. The fraction of sp³-hybridized carbons (Fsp3) is 0.500. The van der Waals surface area contributed by atoms with Crippen molar-refractivity contribution in [3.05, 3.63) is 65.7 Å². The number of ether oxygens (including phenoxy) is 2. The van der Waals surface area contributed by atoms with E-state index in [1.807, 2.05) is 42.5 Å². The predicted octanol–water partition coefficient (Wildman–Crippen LogP) is 2.09. The molecular formula is C32H46N4O7. The number of carbonyl (C=O) groups excluding carboxylic acids is 3. The van der Waals surface area contributed by atoms with Gasteiger partial charge < -0.3 is 35.8 Å². The number of nitrogens with one attached hydrogen (secondary N) is 4. The molecule has 0 radical (unpaired) electrons. The minimum atomic E-state index is -0.899. The Kier molecular flexibility index (Phi) is 16.4. The average Bonchev–Trinajstić information content (AvgIpc) is 2.99. The maximum absolute atomic E-state index is 13.8. The lowest BCUT2D eigenvalue weighted by molar-refractivity contribution is -0.135. The third kappa shape index (κ3) is 14.7. The average molecular weight is 599 g/mol. The largest absolute Gasteiger partial charge is 0.484 e. The summed E-state index contributed by atoms with van der Waals surface area (Å²) in [7, 11) is 1.61. The third-order valence-electron chi connectivity index (χ3n) is 6.88. The standard InChI is InChI=1S/C30H42N4O5.C2H4O2/c1-38-20-15-30(29(37)33-19-14-24-7-3-2-4-8-24)21-25-10-12-26(13-11-25)39-22-28(36)32-18-6-17-31-16-5-9-27(35)34-23-30;1-2(3)4/h2-4,7-8,10-13,31H,5-6,9,14-23H2,1H3,(H,32,36)(H,33,37)(H,34,35);1H3,(H,3,4). The van der Waals surface area contributed by atoms with Crippen LogP contribution in [-0.2, 0) is 36.8 Å². The first kappa shape index (κ1) is 35.2. The van der Waals surface area contributed by atoms with E-state index in [1.165, 1.54) is 0 Å². The predicted molar refractivity (Wildman–Crippen MR) is 164 cm³/mol. The lowest BCUT2D eigenvalue weighted by atomic mass is 9.77. The number of hydrogen-bond acceptors (Lipinski definition) is 7. The van der Waals surface area contributed by atoms with Crippen LogP contribution in [-0.4, -0.2) is 81.8 Å². The Labute approximate surface area is 254 Å². The van der Waals surface area contributed by atoms with Crippen molar-refractivity contribution in [3.8, 4) is 5.75 Å². The van der Waals surface area contributed by atoms with Crippen LogP contribution in [0.2, 0.25) is 0 Å². The molecule has 0 saturated carbocycles. The zero-order chi connectivity index (χ0) is 31.3. The number of aliphatic carboxylic acids is 1. The van der Waals surface area contributed by atoms with E-state index >= 15 is 0 Å². The Morgan fingerprint density at radius 3 is 2.37 bits per heavy atom. The van der Waals surface area contributed by atoms with E-state index in [-0.39, 0.29) is 30.9 Å². The second-order valence-corrected chi connectivity index (χ2v) is 10.5. The quantitative estimate of drug-likeness (QED) is 0.325. The third-order valence-corrected chi connectivity index (χ3v) is 6.88. The van der Waals surface area contributed by atoms with Crippen LogP contribution >= 0.6 is 0 Å². The Hall–Kier alpha value is -3.96. The van der Waals surface area contributed by atoms with Crippen molar-refractivity contribution in [2.75, 3.05) is 53.0 Å². The molecule has 0 aliphatic carbocycles. The summed E-state index contributed by atoms with van der Waals surface area (Å²) in [5, 5.41) is 19.7. The SMILES string of the molecule is CC(=O)O.COCCC1(C(=O)NCCc2ccccc2)CNC(=O)CCCNCCCNC(=O)COc2ccc(cc2)C1. The van der Waals surface area contributed by atoms with Gasteiger partial charge in [-0.2, -0.15) is 0 Å². The van der Waals surface area contributed by atoms with Gasteiger partial charge in [-0.3, -0.25) is 19.2 Å². The summed E-state index contributed by atoms with van der Waals surface area (Å²) in [6.45, 7) is 4.11. The van der Waals surface area contributed by atoms with Gasteiger partial charge >= 0.3 is 0 Å². The molecule has 2 aliphatic rings. The molecule has 2 aromatic carbocycles. The monoisotopic (exact) mass is 598 g/mol. The first-order valence-corrected chi connectivity index (χ1v) is 14.7. The topological polar surface area (TPSA) is 155 Å². The highest BCUT2D eigenvalue weighted by Crippen LogP contribution is 2.29. The van der Waals surface area contributed by atoms with E-state index in [2.05, 4.69) is 21.3 Å². The molecule has 2 aromatic rings. The molecular weight excluding hydrogens is 552 g/mol. The second-order valence-electron chi connectivity index (χ2n) is 10.5. The zero-order valence-corrected chi connectivity index (χ0v) is 25.3. The van der Waals surface area contributed by atoms with Crippen molar-refractivity contribution in [2.24, 2.45) is 5.41 Å². The number of carbonyl (C=O) groups is 4. The number of carboxylic acid groups (broad SMARTS) is 1. The Morgan fingerprint density at radius 2 is 1.67 bits per heavy atom. The number of benzene rings is 2. The molecule has 2 bridgehead atoms. The fourth-order valence-corrected chi connectivity index (χ4v) is 4.55. The Balaban J connectivity index is 0.00000151. The van der Waals surface area contributed by atoms with Crippen LogP contribution in [0.15, 0.2) is 54.6 Å². The maximum Gasteiger partial charge on any atom is 0.300 e. The van der Waals surface area contributed by atoms with Gasteiger partial charge in [0.2, 0.25) is 11.8 Å². The molecule has 3 amide bonds. The number of rotatable bonds is 7. The minimum absolute atomic E-state index is 0.0552. The first-order valence-electron chi connectivity index (χ1n) is 14.7. The molecule has 2 aliphatic heterocycles. The van der Waals surface area contributed by atoms with Gasteiger partial charge in [0.25, 0.3) is 11.9 Å². The van der Waals surface area contributed by atoms with Crippen molar-refractivity contribution in [1.29, 1.82) is 0 Å². The second kappa shape index (κ2) is 20.0. The van der Waals surface area contributed by atoms with Gasteiger partial charge in [0, 0.05) is 46.7 Å². The van der Waals surface area contributed by atoms with E-state index in [0.29, 0.717) is 64.1 Å². The number of methoxy groups -OCH3 is 1. The number of amides is 3. The van der Waals surface area contributed by atoms with Gasteiger partial charge in [-0.05, 0) is 68.5 Å². The molecule has 11 nitrogen and oxygen atoms in total. The zero-order valence-electron chi connectivity index (χ0n) is 25.3. The summed E-state index contributed by atoms with van der Waals surface area (Å²) in [6.07, 6.45) is 3.41. The van der Waals surface area contributed by atoms with E-state index in [0.717, 1.165) is 31.0 Å². The molecule has 4 rings (SSSR count). The van der Waals surface area contributed by atoms with Gasteiger partial charge in [-0.1, -0.05) is 42.5 Å². The van der Waals surface area contributed by atoms with Crippen LogP contribution in [0.25, 0.3) is 0 Å². The number of hydrogen-bond donors (Lipinski definition) is 5. The van der Waals surface area contributed by atoms with Crippen molar-refractivity contribution in [2.45, 2.75) is 45.4 Å². The van der Waals surface area contributed by atoms with E-state index in [9.17, 15) is 14.4 Å². The molecule has 0 saturated heterocycles. The molecule has 1 unspecified atom stereocenters. The van der Waals surface area contributed by atoms with Crippen LogP contribution in [0.5, 0.6) is 5.75 Å². The van der Waals surface area contributed by atoms with Gasteiger partial charge in [-0.25, -0.2) is 0 Å². The summed E-state index contributed by atoms with van der Waals surface area (Å²) in [5.41, 5.74) is 1.17. The fourth-order valence-electron chi connectivity index (χ4n) is 4.55. The highest BCUT2D eigenvalue weighted by molar-refractivity contribution is 5.84. The lowest BCUT2D eigenvalue weighted by Gasteiger charge is -2.33. The number of carboxylic acids is 1. The lowest BCUT2D eigenvalue weighted by Crippen LogP contribution is -2.51. The molecule has 1 atom stereocenters. The molecule has 43 heavy (non-hydrogen) atoms. The molecule has 5 N–H and O–H groups in total. The van der Waals surface area contributed by atoms with Crippen LogP contribution < -0.4 is 26.0 Å². The molecule has 236 valence electrons. The number of fused-ring (bicyclic) bond motifs is 17. The van der Waals surface area contributed by atoms with Gasteiger partial charge in [-0.15, -0.1) is 0 Å². The van der Waals surface area contributed by atoms with Crippen LogP contribution in [0.1, 0.15) is 43.7 Å². The van der Waals surface area contributed by atoms with Crippen LogP contribution in [0.3, 0.4) is 0 Å². The summed E-state index contributed by atoms with van der Waals surface area (Å²) < 4.78 is 11.0. The van der Waals surface area contributed by atoms with E-state index in [4.69, 9.17) is 19.4 Å². The normalized spacial score (nSPS) is 18.6. The molecule has 2 heterocycles. The molecule has 0 fully saturated rings. The van der Waals surface area contributed by atoms with Gasteiger partial charge in [0.05, 0.1) is 5.41 Å². The maximum atomic E-state index is 13.8. The Bertz CT molecular complexity index is 1120. The van der Waals surface area contributed by atoms with Crippen molar-refractivity contribution >= 4 is 23.7 Å². The van der Waals surface area contributed by atoms with E-state index < -0.39 is 11.4 Å². The summed E-state index contributed by atoms with van der Waals surface area (Å²) >= 11 is 0. The van der Waals surface area contributed by atoms with Crippen LogP contribution in [0.4, 0.5) is 0 Å². The molecule has 0 aromatic heterocycles. The van der Waals surface area contributed by atoms with Crippen molar-refractivity contribution in [3.63, 3.8) is 0 Å². The van der Waals surface area contributed by atoms with Gasteiger partial charge in [0.1, 0.15) is 5.75 Å². The smallest absolute Gasteiger partial charge is 0.300 e. The first-order chi connectivity index (χ1) is 20.7. The van der Waals surface area contributed by atoms with E-state index in [1.54, 1.807) is 19.2 Å². The molecule has 11 heteroatoms. The summed E-state index contributed by atoms with van der Waals surface area (Å²) in [4.78, 5) is 47.6. The van der Waals surface area contributed by atoms with Crippen molar-refractivity contribution < 1.29 is 33.8 Å². The highest BCUT2D eigenvalue weighted by Gasteiger charge is 2.38. The van der Waals surface area contributed by atoms with Crippen LogP contribution in [0, 0.1) is 5.41 Å². The summed E-state index contributed by atoms with van der Waals surface area (Å²) in [6, 6.07) is 17.4. The Morgan fingerprint density at radius 1 is 0.977 bits per heavy atom.